The van der Waals surface area contributed by atoms with Crippen molar-refractivity contribution in [1.82, 2.24) is 15.1 Å². The van der Waals surface area contributed by atoms with E-state index >= 15 is 0 Å². The van der Waals surface area contributed by atoms with Gasteiger partial charge in [0.05, 0.1) is 6.04 Å². The summed E-state index contributed by atoms with van der Waals surface area (Å²) < 4.78 is 26.5. The lowest BCUT2D eigenvalue weighted by Gasteiger charge is -2.39. The number of nitrogens with one attached hydrogen (secondary N) is 1. The predicted molar refractivity (Wildman–Crippen MR) is 93.2 cm³/mol. The van der Waals surface area contributed by atoms with Gasteiger partial charge in [0, 0.05) is 38.0 Å². The summed E-state index contributed by atoms with van der Waals surface area (Å²) in [5.41, 5.74) is 0.472. The topological polar surface area (TPSA) is 52.7 Å². The van der Waals surface area contributed by atoms with Crippen LogP contribution in [-0.4, -0.2) is 54.3 Å². The molecule has 2 aliphatic heterocycles. The Morgan fingerprint density at radius 2 is 1.96 bits per heavy atom. The van der Waals surface area contributed by atoms with Gasteiger partial charge in [0.2, 0.25) is 11.8 Å². The molecule has 2 aliphatic rings. The molecule has 0 saturated carbocycles. The number of amides is 2. The highest BCUT2D eigenvalue weighted by molar-refractivity contribution is 5.82. The van der Waals surface area contributed by atoms with Gasteiger partial charge in [-0.15, -0.1) is 0 Å². The molecule has 2 fully saturated rings. The Hall–Kier alpha value is -2.02. The van der Waals surface area contributed by atoms with E-state index in [1.165, 1.54) is 6.07 Å². The van der Waals surface area contributed by atoms with Crippen molar-refractivity contribution in [2.24, 2.45) is 5.41 Å². The van der Waals surface area contributed by atoms with Gasteiger partial charge in [-0.3, -0.25) is 9.59 Å². The fourth-order valence-electron chi connectivity index (χ4n) is 3.92. The average molecular weight is 365 g/mol. The molecule has 142 valence electrons. The van der Waals surface area contributed by atoms with Crippen molar-refractivity contribution in [1.29, 1.82) is 0 Å². The molecular weight excluding hydrogens is 340 g/mol. The summed E-state index contributed by atoms with van der Waals surface area (Å²) >= 11 is 0. The lowest BCUT2D eigenvalue weighted by Crippen LogP contribution is -2.49. The quantitative estimate of drug-likeness (QED) is 0.887. The molecule has 0 aliphatic carbocycles. The zero-order valence-corrected chi connectivity index (χ0v) is 15.2. The molecule has 1 aromatic carbocycles. The van der Waals surface area contributed by atoms with E-state index in [4.69, 9.17) is 0 Å². The molecule has 1 atom stereocenters. The Bertz CT molecular complexity index is 702. The second-order valence-electron chi connectivity index (χ2n) is 7.51. The third kappa shape index (κ3) is 3.72. The molecule has 2 amide bonds. The summed E-state index contributed by atoms with van der Waals surface area (Å²) in [5, 5.41) is 2.96. The number of carbonyl (C=O) groups is 2. The summed E-state index contributed by atoms with van der Waals surface area (Å²) in [7, 11) is 1.76. The zero-order valence-electron chi connectivity index (χ0n) is 15.2. The number of likely N-dealkylation sites (N-methyl/N-ethyl adjacent to an activating group) is 1. The van der Waals surface area contributed by atoms with Crippen LogP contribution in [0.2, 0.25) is 0 Å². The van der Waals surface area contributed by atoms with E-state index in [0.717, 1.165) is 25.0 Å². The van der Waals surface area contributed by atoms with Crippen LogP contribution in [-0.2, 0) is 16.1 Å². The molecule has 7 heteroatoms. The van der Waals surface area contributed by atoms with E-state index in [9.17, 15) is 18.4 Å². The minimum Gasteiger partial charge on any atom is -0.341 e. The predicted octanol–water partition coefficient (Wildman–Crippen LogP) is 1.91. The highest BCUT2D eigenvalue weighted by Crippen LogP contribution is 2.41. The minimum atomic E-state index is -0.894. The van der Waals surface area contributed by atoms with Crippen molar-refractivity contribution < 1.29 is 18.4 Å². The summed E-state index contributed by atoms with van der Waals surface area (Å²) in [6.45, 7) is 4.04. The van der Waals surface area contributed by atoms with Gasteiger partial charge in [-0.25, -0.2) is 8.78 Å². The number of carbonyl (C=O) groups excluding carboxylic acids is 2. The second kappa shape index (κ2) is 7.31. The first-order valence-electron chi connectivity index (χ1n) is 9.01. The second-order valence-corrected chi connectivity index (χ2v) is 7.51. The Morgan fingerprint density at radius 3 is 2.58 bits per heavy atom. The first-order valence-corrected chi connectivity index (χ1v) is 9.01. The van der Waals surface area contributed by atoms with Crippen molar-refractivity contribution in [3.8, 4) is 0 Å². The standard InChI is InChI=1S/C19H25F2N3O2/c1-13(22-2)18(26)23-7-5-19(6-8-23)10-17(25)24(12-19)11-14-3-4-15(20)16(21)9-14/h3-4,9,13,22H,5-8,10-12H2,1-2H3. The third-order valence-corrected chi connectivity index (χ3v) is 5.70. The molecule has 0 radical (unpaired) electrons. The Morgan fingerprint density at radius 1 is 1.27 bits per heavy atom. The van der Waals surface area contributed by atoms with Crippen molar-refractivity contribution >= 4 is 11.8 Å². The van der Waals surface area contributed by atoms with E-state index in [0.29, 0.717) is 31.6 Å². The van der Waals surface area contributed by atoms with Crippen molar-refractivity contribution in [2.75, 3.05) is 26.7 Å². The van der Waals surface area contributed by atoms with Gasteiger partial charge in [0.1, 0.15) is 0 Å². The maximum Gasteiger partial charge on any atom is 0.239 e. The van der Waals surface area contributed by atoms with Gasteiger partial charge in [-0.2, -0.15) is 0 Å². The van der Waals surface area contributed by atoms with Crippen LogP contribution in [0.4, 0.5) is 8.78 Å². The molecule has 0 aromatic heterocycles. The number of halogens is 2. The Kier molecular flexibility index (Phi) is 5.27. The smallest absolute Gasteiger partial charge is 0.239 e. The van der Waals surface area contributed by atoms with Crippen molar-refractivity contribution in [3.63, 3.8) is 0 Å². The number of hydrogen-bond acceptors (Lipinski definition) is 3. The number of likely N-dealkylation sites (tertiary alicyclic amines) is 2. The Balaban J connectivity index is 1.61. The van der Waals surface area contributed by atoms with Crippen LogP contribution in [0.3, 0.4) is 0 Å². The molecule has 1 unspecified atom stereocenters. The summed E-state index contributed by atoms with van der Waals surface area (Å²) in [6, 6.07) is 3.54. The monoisotopic (exact) mass is 365 g/mol. The molecule has 1 N–H and O–H groups in total. The van der Waals surface area contributed by atoms with Crippen molar-refractivity contribution in [2.45, 2.75) is 38.8 Å². The third-order valence-electron chi connectivity index (χ3n) is 5.70. The van der Waals surface area contributed by atoms with Crippen LogP contribution in [0.15, 0.2) is 18.2 Å². The highest BCUT2D eigenvalue weighted by atomic mass is 19.2. The molecule has 3 rings (SSSR count). The van der Waals surface area contributed by atoms with Crippen LogP contribution in [0, 0.1) is 17.0 Å². The first-order chi connectivity index (χ1) is 12.3. The van der Waals surface area contributed by atoms with Crippen LogP contribution < -0.4 is 5.32 Å². The molecule has 2 saturated heterocycles. The maximum atomic E-state index is 13.4. The zero-order chi connectivity index (χ0) is 18.9. The number of nitrogens with zero attached hydrogens (tertiary/aromatic N) is 2. The van der Waals surface area contributed by atoms with E-state index in [-0.39, 0.29) is 29.8 Å². The molecule has 5 nitrogen and oxygen atoms in total. The van der Waals surface area contributed by atoms with Crippen LogP contribution in [0.5, 0.6) is 0 Å². The van der Waals surface area contributed by atoms with Gasteiger partial charge >= 0.3 is 0 Å². The van der Waals surface area contributed by atoms with Crippen molar-refractivity contribution in [3.05, 3.63) is 35.4 Å². The van der Waals surface area contributed by atoms with Gasteiger partial charge < -0.3 is 15.1 Å². The van der Waals surface area contributed by atoms with Gasteiger partial charge in [-0.1, -0.05) is 6.07 Å². The SMILES string of the molecule is CNC(C)C(=O)N1CCC2(CC1)CC(=O)N(Cc1ccc(F)c(F)c1)C2. The molecule has 2 heterocycles. The number of hydrogen-bond donors (Lipinski definition) is 1. The minimum absolute atomic E-state index is 0.0399. The lowest BCUT2D eigenvalue weighted by atomic mass is 9.77. The van der Waals surface area contributed by atoms with Crippen LogP contribution >= 0.6 is 0 Å². The lowest BCUT2D eigenvalue weighted by molar-refractivity contribution is -0.135. The number of benzene rings is 1. The normalized spacial score (nSPS) is 20.7. The van der Waals surface area contributed by atoms with E-state index < -0.39 is 11.6 Å². The van der Waals surface area contributed by atoms with Crippen LogP contribution in [0.1, 0.15) is 31.7 Å². The highest BCUT2D eigenvalue weighted by Gasteiger charge is 2.45. The van der Waals surface area contributed by atoms with E-state index in [1.54, 1.807) is 11.9 Å². The fraction of sp³-hybridized carbons (Fsp3) is 0.579. The molecular formula is C19H25F2N3O2. The molecule has 1 aromatic rings. The average Bonchev–Trinajstić information content (AvgIpc) is 2.92. The van der Waals surface area contributed by atoms with E-state index in [2.05, 4.69) is 5.32 Å². The van der Waals surface area contributed by atoms with Gasteiger partial charge in [0.15, 0.2) is 11.6 Å². The molecule has 0 bridgehead atoms. The maximum absolute atomic E-state index is 13.4. The number of rotatable bonds is 4. The summed E-state index contributed by atoms with van der Waals surface area (Å²) in [4.78, 5) is 28.3. The molecule has 26 heavy (non-hydrogen) atoms. The Labute approximate surface area is 152 Å². The summed E-state index contributed by atoms with van der Waals surface area (Å²) in [6.07, 6.45) is 2.03. The van der Waals surface area contributed by atoms with Crippen LogP contribution in [0.25, 0.3) is 0 Å². The van der Waals surface area contributed by atoms with Gasteiger partial charge in [0.25, 0.3) is 0 Å². The number of piperidine rings is 1. The first kappa shape index (κ1) is 18.8. The van der Waals surface area contributed by atoms with E-state index in [1.807, 2.05) is 11.8 Å². The molecule has 1 spiro atoms. The summed E-state index contributed by atoms with van der Waals surface area (Å²) in [5.74, 6) is -1.65. The fourth-order valence-corrected chi connectivity index (χ4v) is 3.92. The largest absolute Gasteiger partial charge is 0.341 e. The van der Waals surface area contributed by atoms with Gasteiger partial charge in [-0.05, 0) is 44.5 Å².